The van der Waals surface area contributed by atoms with Gasteiger partial charge in [-0.15, -0.1) is 0 Å². The lowest BCUT2D eigenvalue weighted by Crippen LogP contribution is -2.31. The van der Waals surface area contributed by atoms with Gasteiger partial charge < -0.3 is 19.3 Å². The molecule has 2 aromatic rings. The quantitative estimate of drug-likeness (QED) is 0.441. The number of rotatable bonds is 10. The number of carbonyl (C=O) groups excluding carboxylic acids is 3. The van der Waals surface area contributed by atoms with Crippen molar-refractivity contribution in [3.8, 4) is 5.75 Å². The number of likely N-dealkylation sites (N-methyl/N-ethyl adjacent to an activating group) is 1. The molecule has 2 aromatic carbocycles. The van der Waals surface area contributed by atoms with E-state index in [0.717, 1.165) is 11.3 Å². The van der Waals surface area contributed by atoms with Gasteiger partial charge >= 0.3 is 5.97 Å². The second kappa shape index (κ2) is 11.0. The van der Waals surface area contributed by atoms with E-state index in [1.165, 1.54) is 4.90 Å². The van der Waals surface area contributed by atoms with Crippen LogP contribution in [0, 0.1) is 0 Å². The van der Waals surface area contributed by atoms with Crippen LogP contribution in [-0.2, 0) is 20.9 Å². The Morgan fingerprint density at radius 2 is 1.50 bits per heavy atom. The summed E-state index contributed by atoms with van der Waals surface area (Å²) in [6.45, 7) is 1.55. The van der Waals surface area contributed by atoms with E-state index in [4.69, 9.17) is 9.47 Å². The molecule has 0 spiro atoms. The summed E-state index contributed by atoms with van der Waals surface area (Å²) in [5, 5.41) is 0. The Morgan fingerprint density at radius 1 is 0.867 bits per heavy atom. The molecule has 0 N–H and O–H groups in total. The summed E-state index contributed by atoms with van der Waals surface area (Å²) in [5.74, 6) is -0.454. The van der Waals surface area contributed by atoms with Crippen LogP contribution in [0.1, 0.15) is 29.3 Å². The van der Waals surface area contributed by atoms with Gasteiger partial charge in [-0.3, -0.25) is 9.59 Å². The Balaban J connectivity index is 1.74. The molecule has 0 aliphatic heterocycles. The van der Waals surface area contributed by atoms with E-state index in [0.29, 0.717) is 24.3 Å². The fourth-order valence-electron chi connectivity index (χ4n) is 2.64. The predicted molar refractivity (Wildman–Crippen MR) is 115 cm³/mol. The second-order valence-corrected chi connectivity index (χ2v) is 7.06. The summed E-state index contributed by atoms with van der Waals surface area (Å²) >= 11 is 0. The third-order valence-electron chi connectivity index (χ3n) is 4.51. The molecule has 7 nitrogen and oxygen atoms in total. The van der Waals surface area contributed by atoms with Crippen molar-refractivity contribution in [1.29, 1.82) is 0 Å². The monoisotopic (exact) mass is 412 g/mol. The second-order valence-electron chi connectivity index (χ2n) is 7.06. The predicted octanol–water partition coefficient (Wildman–Crippen LogP) is 2.93. The largest absolute Gasteiger partial charge is 0.482 e. The fraction of sp³-hybridized carbons (Fsp3) is 0.348. The van der Waals surface area contributed by atoms with E-state index in [-0.39, 0.29) is 24.9 Å². The van der Waals surface area contributed by atoms with Crippen molar-refractivity contribution in [2.24, 2.45) is 0 Å². The molecule has 1 amide bonds. The van der Waals surface area contributed by atoms with Gasteiger partial charge in [0.2, 0.25) is 0 Å². The number of Topliss-reactive ketones (excluding diaryl/α,β-unsaturated/α-hetero) is 1. The summed E-state index contributed by atoms with van der Waals surface area (Å²) < 4.78 is 10.3. The molecule has 0 saturated heterocycles. The highest BCUT2D eigenvalue weighted by molar-refractivity contribution is 5.95. The number of hydrogen-bond acceptors (Lipinski definition) is 6. The van der Waals surface area contributed by atoms with Crippen molar-refractivity contribution in [3.05, 3.63) is 59.7 Å². The minimum absolute atomic E-state index is 0.0391. The molecule has 160 valence electrons. The van der Waals surface area contributed by atoms with E-state index in [9.17, 15) is 14.4 Å². The van der Waals surface area contributed by atoms with E-state index >= 15 is 0 Å². The number of nitrogens with zero attached hydrogens (tertiary/aromatic N) is 2. The number of esters is 1. The normalized spacial score (nSPS) is 10.3. The molecule has 0 radical (unpaired) electrons. The molecule has 30 heavy (non-hydrogen) atoms. The van der Waals surface area contributed by atoms with Gasteiger partial charge in [0.15, 0.2) is 19.0 Å². The molecular formula is C23H28N2O5. The number of benzene rings is 2. The maximum absolute atomic E-state index is 12.2. The van der Waals surface area contributed by atoms with Crippen LogP contribution >= 0.6 is 0 Å². The summed E-state index contributed by atoms with van der Waals surface area (Å²) in [6, 6.07) is 14.4. The highest BCUT2D eigenvalue weighted by Gasteiger charge is 2.13. The van der Waals surface area contributed by atoms with Gasteiger partial charge in [0, 0.05) is 45.4 Å². The summed E-state index contributed by atoms with van der Waals surface area (Å²) in [4.78, 5) is 39.1. The standard InChI is InChI=1S/C23H28N2O5/c1-5-21(26)18-8-12-20(13-9-18)29-16-23(28)30-15-22(27)25(4)14-17-6-10-19(11-7-17)24(2)3/h6-13H,5,14-16H2,1-4H3. The molecule has 0 fully saturated rings. The van der Waals surface area contributed by atoms with Crippen molar-refractivity contribution < 1.29 is 23.9 Å². The minimum Gasteiger partial charge on any atom is -0.482 e. The summed E-state index contributed by atoms with van der Waals surface area (Å²) in [5.41, 5.74) is 2.65. The van der Waals surface area contributed by atoms with Gasteiger partial charge in [0.05, 0.1) is 0 Å². The summed E-state index contributed by atoms with van der Waals surface area (Å²) in [6.07, 6.45) is 0.427. The first-order valence-electron chi connectivity index (χ1n) is 9.72. The van der Waals surface area contributed by atoms with Crippen molar-refractivity contribution >= 4 is 23.3 Å². The first-order valence-corrected chi connectivity index (χ1v) is 9.72. The number of carbonyl (C=O) groups is 3. The van der Waals surface area contributed by atoms with Crippen molar-refractivity contribution in [3.63, 3.8) is 0 Å². The van der Waals surface area contributed by atoms with Crippen LogP contribution in [0.15, 0.2) is 48.5 Å². The Bertz CT molecular complexity index is 860. The zero-order valence-electron chi connectivity index (χ0n) is 17.9. The third kappa shape index (κ3) is 6.92. The molecule has 0 aromatic heterocycles. The molecule has 7 heteroatoms. The van der Waals surface area contributed by atoms with Crippen LogP contribution in [0.4, 0.5) is 5.69 Å². The van der Waals surface area contributed by atoms with Gasteiger partial charge in [-0.2, -0.15) is 0 Å². The highest BCUT2D eigenvalue weighted by Crippen LogP contribution is 2.14. The molecule has 2 rings (SSSR count). The van der Waals surface area contributed by atoms with Crippen LogP contribution < -0.4 is 9.64 Å². The van der Waals surface area contributed by atoms with Gasteiger partial charge in [0.25, 0.3) is 5.91 Å². The van der Waals surface area contributed by atoms with Crippen molar-refractivity contribution in [1.82, 2.24) is 4.90 Å². The number of anilines is 1. The lowest BCUT2D eigenvalue weighted by molar-refractivity contribution is -0.153. The smallest absolute Gasteiger partial charge is 0.344 e. The maximum atomic E-state index is 12.2. The van der Waals surface area contributed by atoms with E-state index in [2.05, 4.69) is 0 Å². The number of ether oxygens (including phenoxy) is 2. The van der Waals surface area contributed by atoms with E-state index < -0.39 is 5.97 Å². The first-order chi connectivity index (χ1) is 14.3. The number of hydrogen-bond donors (Lipinski definition) is 0. The van der Waals surface area contributed by atoms with Gasteiger partial charge in [-0.25, -0.2) is 4.79 Å². The molecule has 0 atom stereocenters. The van der Waals surface area contributed by atoms with Gasteiger partial charge in [0.1, 0.15) is 5.75 Å². The average Bonchev–Trinajstić information content (AvgIpc) is 2.76. The zero-order valence-corrected chi connectivity index (χ0v) is 17.9. The Morgan fingerprint density at radius 3 is 2.07 bits per heavy atom. The first kappa shape index (κ1) is 22.9. The SMILES string of the molecule is CCC(=O)c1ccc(OCC(=O)OCC(=O)N(C)Cc2ccc(N(C)C)cc2)cc1. The minimum atomic E-state index is -0.638. The molecule has 0 aliphatic carbocycles. The van der Waals surface area contributed by atoms with Crippen LogP contribution in [0.25, 0.3) is 0 Å². The highest BCUT2D eigenvalue weighted by atomic mass is 16.6. The van der Waals surface area contributed by atoms with Crippen molar-refractivity contribution in [2.75, 3.05) is 39.3 Å². The zero-order chi connectivity index (χ0) is 22.1. The average molecular weight is 412 g/mol. The topological polar surface area (TPSA) is 76.2 Å². The Labute approximate surface area is 177 Å². The molecule has 0 aliphatic rings. The van der Waals surface area contributed by atoms with Gasteiger partial charge in [-0.1, -0.05) is 19.1 Å². The molecule has 0 bridgehead atoms. The molecule has 0 heterocycles. The van der Waals surface area contributed by atoms with Crippen LogP contribution in [-0.4, -0.2) is 56.9 Å². The van der Waals surface area contributed by atoms with Crippen LogP contribution in [0.2, 0.25) is 0 Å². The van der Waals surface area contributed by atoms with Crippen LogP contribution in [0.5, 0.6) is 5.75 Å². The Kier molecular flexibility index (Phi) is 8.41. The third-order valence-corrected chi connectivity index (χ3v) is 4.51. The lowest BCUT2D eigenvalue weighted by atomic mass is 10.1. The maximum Gasteiger partial charge on any atom is 0.344 e. The van der Waals surface area contributed by atoms with Crippen LogP contribution in [0.3, 0.4) is 0 Å². The molecular weight excluding hydrogens is 384 g/mol. The van der Waals surface area contributed by atoms with Gasteiger partial charge in [-0.05, 0) is 42.0 Å². The van der Waals surface area contributed by atoms with Crippen molar-refractivity contribution in [2.45, 2.75) is 19.9 Å². The lowest BCUT2D eigenvalue weighted by Gasteiger charge is -2.18. The molecule has 0 unspecified atom stereocenters. The fourth-order valence-corrected chi connectivity index (χ4v) is 2.64. The van der Waals surface area contributed by atoms with E-state index in [1.54, 1.807) is 38.2 Å². The summed E-state index contributed by atoms with van der Waals surface area (Å²) in [7, 11) is 5.59. The number of ketones is 1. The Hall–Kier alpha value is -3.35. The number of amides is 1. The molecule has 0 saturated carbocycles. The van der Waals surface area contributed by atoms with E-state index in [1.807, 2.05) is 43.3 Å².